The minimum absolute atomic E-state index is 0.0905. The molecule has 0 aromatic heterocycles. The van der Waals surface area contributed by atoms with Crippen LogP contribution in [0.2, 0.25) is 0 Å². The highest BCUT2D eigenvalue weighted by Crippen LogP contribution is 2.42. The summed E-state index contributed by atoms with van der Waals surface area (Å²) in [6, 6.07) is 8.35. The van der Waals surface area contributed by atoms with Crippen LogP contribution >= 0.6 is 15.9 Å². The minimum Gasteiger partial charge on any atom is -0.442 e. The van der Waals surface area contributed by atoms with Crippen molar-refractivity contribution in [3.05, 3.63) is 61.1 Å². The van der Waals surface area contributed by atoms with Crippen LogP contribution in [-0.2, 0) is 0 Å². The molecule has 0 bridgehead atoms. The molecule has 0 atom stereocenters. The first kappa shape index (κ1) is 14.7. The molecule has 21 heavy (non-hydrogen) atoms. The zero-order chi connectivity index (χ0) is 15.6. The summed E-state index contributed by atoms with van der Waals surface area (Å²) >= 11 is 3.12. The lowest BCUT2D eigenvalue weighted by Gasteiger charge is -2.09. The van der Waals surface area contributed by atoms with E-state index < -0.39 is 15.5 Å². The Balaban J connectivity index is 2.56. The second-order valence-electron chi connectivity index (χ2n) is 3.90. The van der Waals surface area contributed by atoms with Crippen molar-refractivity contribution in [2.24, 2.45) is 0 Å². The molecule has 2 aromatic rings. The third-order valence-electron chi connectivity index (χ3n) is 2.57. The molecule has 0 unspecified atom stereocenters. The molecule has 8 nitrogen and oxygen atoms in total. The predicted octanol–water partition coefficient (Wildman–Crippen LogP) is 3.64. The third-order valence-corrected chi connectivity index (χ3v) is 3.19. The Kier molecular flexibility index (Phi) is 4.03. The van der Waals surface area contributed by atoms with Gasteiger partial charge in [0.1, 0.15) is 5.69 Å². The van der Waals surface area contributed by atoms with E-state index >= 15 is 0 Å². The summed E-state index contributed by atoms with van der Waals surface area (Å²) in [4.78, 5) is 20.7. The fourth-order valence-electron chi connectivity index (χ4n) is 1.67. The first-order valence-electron chi connectivity index (χ1n) is 5.55. The van der Waals surface area contributed by atoms with Crippen LogP contribution in [0.25, 0.3) is 0 Å². The van der Waals surface area contributed by atoms with Crippen LogP contribution in [0.4, 0.5) is 17.1 Å². The second kappa shape index (κ2) is 5.75. The Morgan fingerprint density at radius 3 is 2.33 bits per heavy atom. The molecule has 2 rings (SSSR count). The van der Waals surface area contributed by atoms with Gasteiger partial charge in [0, 0.05) is 6.07 Å². The highest BCUT2D eigenvalue weighted by atomic mass is 79.9. The Morgan fingerprint density at radius 1 is 1.05 bits per heavy atom. The maximum atomic E-state index is 11.0. The van der Waals surface area contributed by atoms with Gasteiger partial charge in [0.05, 0.1) is 14.3 Å². The van der Waals surface area contributed by atoms with E-state index in [0.717, 1.165) is 0 Å². The lowest BCUT2D eigenvalue weighted by atomic mass is 10.2. The average Bonchev–Trinajstić information content (AvgIpc) is 2.40. The number of nitrogens with two attached hydrogens (primary N) is 1. The molecular formula is C12H8BrN3O5. The van der Waals surface area contributed by atoms with E-state index in [1.54, 1.807) is 0 Å². The van der Waals surface area contributed by atoms with Gasteiger partial charge in [0.15, 0.2) is 0 Å². The summed E-state index contributed by atoms with van der Waals surface area (Å²) in [5.41, 5.74) is 4.69. The average molecular weight is 354 g/mol. The van der Waals surface area contributed by atoms with Crippen LogP contribution in [0.1, 0.15) is 0 Å². The number of nitro groups is 2. The van der Waals surface area contributed by atoms with Gasteiger partial charge in [-0.25, -0.2) is 0 Å². The van der Waals surface area contributed by atoms with Crippen molar-refractivity contribution in [2.45, 2.75) is 0 Å². The van der Waals surface area contributed by atoms with E-state index in [1.165, 1.54) is 36.4 Å². The SMILES string of the molecule is Nc1cccc(Oc2c(Br)cccc2[N+](=O)[O-])c1[N+](=O)[O-]. The lowest BCUT2D eigenvalue weighted by Crippen LogP contribution is -2.00. The van der Waals surface area contributed by atoms with Crippen molar-refractivity contribution in [2.75, 3.05) is 5.73 Å². The van der Waals surface area contributed by atoms with Crippen molar-refractivity contribution in [1.29, 1.82) is 0 Å². The number of nitro benzene ring substituents is 2. The smallest absolute Gasteiger partial charge is 0.334 e. The van der Waals surface area contributed by atoms with Crippen molar-refractivity contribution >= 4 is 33.0 Å². The molecule has 0 radical (unpaired) electrons. The number of nitrogen functional groups attached to an aromatic ring is 1. The molecule has 108 valence electrons. The number of ether oxygens (including phenoxy) is 1. The minimum atomic E-state index is -0.701. The molecule has 9 heteroatoms. The van der Waals surface area contributed by atoms with Gasteiger partial charge < -0.3 is 10.5 Å². The maximum absolute atomic E-state index is 11.0. The first-order chi connectivity index (χ1) is 9.91. The topological polar surface area (TPSA) is 122 Å². The van der Waals surface area contributed by atoms with Gasteiger partial charge >= 0.3 is 11.4 Å². The number of halogens is 1. The zero-order valence-corrected chi connectivity index (χ0v) is 11.9. The van der Waals surface area contributed by atoms with E-state index in [1.807, 2.05) is 0 Å². The summed E-state index contributed by atoms with van der Waals surface area (Å²) in [6.45, 7) is 0. The molecule has 0 aliphatic carbocycles. The zero-order valence-electron chi connectivity index (χ0n) is 10.4. The first-order valence-corrected chi connectivity index (χ1v) is 6.34. The Labute approximate surface area is 126 Å². The third kappa shape index (κ3) is 2.92. The molecular weight excluding hydrogens is 346 g/mol. The van der Waals surface area contributed by atoms with Crippen LogP contribution in [0.5, 0.6) is 11.5 Å². The fraction of sp³-hybridized carbons (Fsp3) is 0. The van der Waals surface area contributed by atoms with E-state index in [0.29, 0.717) is 4.47 Å². The Morgan fingerprint density at radius 2 is 1.71 bits per heavy atom. The van der Waals surface area contributed by atoms with Crippen LogP contribution in [-0.4, -0.2) is 9.85 Å². The van der Waals surface area contributed by atoms with Gasteiger partial charge in [-0.05, 0) is 34.1 Å². The van der Waals surface area contributed by atoms with Crippen molar-refractivity contribution < 1.29 is 14.6 Å². The summed E-state index contributed by atoms with van der Waals surface area (Å²) in [5.74, 6) is -0.300. The molecule has 0 amide bonds. The summed E-state index contributed by atoms with van der Waals surface area (Å²) in [6.07, 6.45) is 0. The molecule has 2 N–H and O–H groups in total. The number of hydrogen-bond acceptors (Lipinski definition) is 6. The molecule has 0 aliphatic rings. The van der Waals surface area contributed by atoms with Gasteiger partial charge in [0.25, 0.3) is 0 Å². The highest BCUT2D eigenvalue weighted by molar-refractivity contribution is 9.10. The number of rotatable bonds is 4. The van der Waals surface area contributed by atoms with Crippen LogP contribution < -0.4 is 10.5 Å². The number of para-hydroxylation sites is 2. The molecule has 0 spiro atoms. The lowest BCUT2D eigenvalue weighted by molar-refractivity contribution is -0.387. The van der Waals surface area contributed by atoms with Gasteiger partial charge in [-0.15, -0.1) is 0 Å². The second-order valence-corrected chi connectivity index (χ2v) is 4.75. The van der Waals surface area contributed by atoms with E-state index in [4.69, 9.17) is 10.5 Å². The highest BCUT2D eigenvalue weighted by Gasteiger charge is 2.24. The molecule has 0 heterocycles. The van der Waals surface area contributed by atoms with Gasteiger partial charge in [0.2, 0.25) is 11.5 Å². The number of anilines is 1. The molecule has 2 aromatic carbocycles. The molecule has 0 saturated carbocycles. The predicted molar refractivity (Wildman–Crippen MR) is 78.4 cm³/mol. The Bertz CT molecular complexity index is 735. The molecule has 0 fully saturated rings. The number of nitrogens with zero attached hydrogens (tertiary/aromatic N) is 2. The van der Waals surface area contributed by atoms with Crippen molar-refractivity contribution in [1.82, 2.24) is 0 Å². The van der Waals surface area contributed by atoms with Gasteiger partial charge in [-0.1, -0.05) is 12.1 Å². The van der Waals surface area contributed by atoms with Crippen LogP contribution in [0, 0.1) is 20.2 Å². The maximum Gasteiger partial charge on any atom is 0.334 e. The number of benzene rings is 2. The number of hydrogen-bond donors (Lipinski definition) is 1. The van der Waals surface area contributed by atoms with Crippen LogP contribution in [0.15, 0.2) is 40.9 Å². The fourth-order valence-corrected chi connectivity index (χ4v) is 2.11. The Hall–Kier alpha value is -2.68. The van der Waals surface area contributed by atoms with Crippen molar-refractivity contribution in [3.8, 4) is 11.5 Å². The van der Waals surface area contributed by atoms with Crippen LogP contribution in [0.3, 0.4) is 0 Å². The standard InChI is InChI=1S/C12H8BrN3O5/c13-7-3-1-5-9(15(17)18)12(7)21-10-6-2-4-8(14)11(10)16(19)20/h1-6H,14H2. The molecule has 0 aliphatic heterocycles. The van der Waals surface area contributed by atoms with Crippen molar-refractivity contribution in [3.63, 3.8) is 0 Å². The summed E-state index contributed by atoms with van der Waals surface area (Å²) < 4.78 is 5.66. The molecule has 0 saturated heterocycles. The monoisotopic (exact) mass is 353 g/mol. The summed E-state index contributed by atoms with van der Waals surface area (Å²) in [7, 11) is 0. The summed E-state index contributed by atoms with van der Waals surface area (Å²) in [5, 5.41) is 22.0. The van der Waals surface area contributed by atoms with E-state index in [9.17, 15) is 20.2 Å². The van der Waals surface area contributed by atoms with Gasteiger partial charge in [-0.2, -0.15) is 0 Å². The quantitative estimate of drug-likeness (QED) is 0.508. The normalized spacial score (nSPS) is 10.1. The van der Waals surface area contributed by atoms with E-state index in [2.05, 4.69) is 15.9 Å². The van der Waals surface area contributed by atoms with E-state index in [-0.39, 0.29) is 22.9 Å². The largest absolute Gasteiger partial charge is 0.442 e. The van der Waals surface area contributed by atoms with Gasteiger partial charge in [-0.3, -0.25) is 20.2 Å².